The molecule has 0 aliphatic rings. The number of anilines is 1. The van der Waals surface area contributed by atoms with Gasteiger partial charge in [0, 0.05) is 32.9 Å². The minimum absolute atomic E-state index is 0.0269. The molecule has 0 saturated heterocycles. The summed E-state index contributed by atoms with van der Waals surface area (Å²) in [5.41, 5.74) is 0.220. The third-order valence-electron chi connectivity index (χ3n) is 4.48. The molecule has 0 fully saturated rings. The van der Waals surface area contributed by atoms with Gasteiger partial charge in [0.2, 0.25) is 20.0 Å². The number of hydrogen-bond donors (Lipinski definition) is 1. The molecular formula is C19H23Cl2N3O5S2. The smallest absolute Gasteiger partial charge is 0.257 e. The molecule has 0 heterocycles. The summed E-state index contributed by atoms with van der Waals surface area (Å²) < 4.78 is 52.3. The molecule has 0 aromatic heterocycles. The van der Waals surface area contributed by atoms with Crippen LogP contribution in [0.1, 0.15) is 24.2 Å². The van der Waals surface area contributed by atoms with Gasteiger partial charge in [0.25, 0.3) is 5.91 Å². The lowest BCUT2D eigenvalue weighted by Gasteiger charge is -2.18. The van der Waals surface area contributed by atoms with E-state index in [1.54, 1.807) is 13.8 Å². The molecule has 0 aliphatic heterocycles. The van der Waals surface area contributed by atoms with Crippen molar-refractivity contribution in [2.24, 2.45) is 0 Å². The predicted octanol–water partition coefficient (Wildman–Crippen LogP) is 3.53. The van der Waals surface area contributed by atoms with Crippen LogP contribution in [0.15, 0.2) is 46.2 Å². The summed E-state index contributed by atoms with van der Waals surface area (Å²) >= 11 is 12.1. The fourth-order valence-corrected chi connectivity index (χ4v) is 5.90. The molecule has 0 radical (unpaired) electrons. The van der Waals surface area contributed by atoms with Gasteiger partial charge in [-0.1, -0.05) is 37.0 Å². The average Bonchev–Trinajstić information content (AvgIpc) is 2.68. The van der Waals surface area contributed by atoms with E-state index in [4.69, 9.17) is 23.2 Å². The number of hydrogen-bond acceptors (Lipinski definition) is 5. The van der Waals surface area contributed by atoms with Gasteiger partial charge in [0.15, 0.2) is 0 Å². The van der Waals surface area contributed by atoms with Crippen LogP contribution in [-0.2, 0) is 20.0 Å². The monoisotopic (exact) mass is 507 g/mol. The molecule has 0 atom stereocenters. The van der Waals surface area contributed by atoms with Crippen molar-refractivity contribution in [3.63, 3.8) is 0 Å². The molecule has 2 aromatic carbocycles. The molecule has 0 bridgehead atoms. The van der Waals surface area contributed by atoms with Crippen LogP contribution in [0, 0.1) is 0 Å². The number of benzene rings is 2. The van der Waals surface area contributed by atoms with Crippen molar-refractivity contribution in [1.82, 2.24) is 8.61 Å². The van der Waals surface area contributed by atoms with Gasteiger partial charge in [-0.05, 0) is 36.4 Å². The minimum Gasteiger partial charge on any atom is -0.322 e. The summed E-state index contributed by atoms with van der Waals surface area (Å²) in [5.74, 6) is -0.670. The third-order valence-corrected chi connectivity index (χ3v) is 9.14. The van der Waals surface area contributed by atoms with Crippen molar-refractivity contribution in [1.29, 1.82) is 0 Å². The molecule has 12 heteroatoms. The zero-order valence-electron chi connectivity index (χ0n) is 17.4. The first-order valence-corrected chi connectivity index (χ1v) is 12.8. The Morgan fingerprint density at radius 1 is 0.903 bits per heavy atom. The van der Waals surface area contributed by atoms with Crippen molar-refractivity contribution in [3.8, 4) is 0 Å². The van der Waals surface area contributed by atoms with Crippen LogP contribution >= 0.6 is 23.2 Å². The fraction of sp³-hybridized carbons (Fsp3) is 0.316. The maximum atomic E-state index is 12.7. The van der Waals surface area contributed by atoms with E-state index in [-0.39, 0.29) is 25.4 Å². The number of rotatable bonds is 8. The molecule has 0 unspecified atom stereocenters. The number of sulfonamides is 2. The lowest BCUT2D eigenvalue weighted by atomic mass is 10.2. The summed E-state index contributed by atoms with van der Waals surface area (Å²) in [6, 6.07) is 7.94. The Morgan fingerprint density at radius 3 is 1.94 bits per heavy atom. The first kappa shape index (κ1) is 25.6. The number of nitrogens with zero attached hydrogens (tertiary/aromatic N) is 2. The summed E-state index contributed by atoms with van der Waals surface area (Å²) in [5, 5.41) is 2.44. The lowest BCUT2D eigenvalue weighted by Crippen LogP contribution is -2.30. The molecule has 0 aliphatic carbocycles. The van der Waals surface area contributed by atoms with Gasteiger partial charge in [-0.3, -0.25) is 4.79 Å². The molecule has 1 N–H and O–H groups in total. The second-order valence-electron chi connectivity index (χ2n) is 6.62. The highest BCUT2D eigenvalue weighted by atomic mass is 35.5. The SMILES string of the molecule is CCN(CC)S(=O)(=O)c1ccc(NC(=O)c2cc(S(=O)(=O)N(C)C)c(Cl)cc2Cl)cc1. The van der Waals surface area contributed by atoms with Crippen LogP contribution in [-0.4, -0.2) is 58.5 Å². The van der Waals surface area contributed by atoms with Crippen molar-refractivity contribution in [2.75, 3.05) is 32.5 Å². The Morgan fingerprint density at radius 2 is 1.45 bits per heavy atom. The number of carbonyl (C=O) groups excluding carboxylic acids is 1. The van der Waals surface area contributed by atoms with E-state index in [0.717, 1.165) is 10.4 Å². The van der Waals surface area contributed by atoms with E-state index in [1.165, 1.54) is 48.7 Å². The van der Waals surface area contributed by atoms with Crippen LogP contribution in [0.4, 0.5) is 5.69 Å². The average molecular weight is 508 g/mol. The van der Waals surface area contributed by atoms with Crippen LogP contribution in [0.3, 0.4) is 0 Å². The maximum Gasteiger partial charge on any atom is 0.257 e. The van der Waals surface area contributed by atoms with Gasteiger partial charge < -0.3 is 5.32 Å². The Bertz CT molecular complexity index is 1180. The molecular weight excluding hydrogens is 485 g/mol. The van der Waals surface area contributed by atoms with Gasteiger partial charge in [-0.15, -0.1) is 0 Å². The highest BCUT2D eigenvalue weighted by Crippen LogP contribution is 2.30. The van der Waals surface area contributed by atoms with E-state index in [0.29, 0.717) is 18.8 Å². The summed E-state index contributed by atoms with van der Waals surface area (Å²) in [4.78, 5) is 12.5. The molecule has 0 saturated carbocycles. The van der Waals surface area contributed by atoms with Crippen molar-refractivity contribution in [3.05, 3.63) is 52.0 Å². The van der Waals surface area contributed by atoms with Crippen LogP contribution in [0.25, 0.3) is 0 Å². The topological polar surface area (TPSA) is 104 Å². The minimum atomic E-state index is -3.90. The molecule has 31 heavy (non-hydrogen) atoms. The van der Waals surface area contributed by atoms with E-state index in [2.05, 4.69) is 5.32 Å². The first-order valence-electron chi connectivity index (χ1n) is 9.19. The largest absolute Gasteiger partial charge is 0.322 e. The van der Waals surface area contributed by atoms with Crippen LogP contribution < -0.4 is 5.32 Å². The predicted molar refractivity (Wildman–Crippen MR) is 122 cm³/mol. The van der Waals surface area contributed by atoms with E-state index >= 15 is 0 Å². The zero-order chi connectivity index (χ0) is 23.6. The molecule has 170 valence electrons. The summed E-state index contributed by atoms with van der Waals surface area (Å²) in [6.45, 7) is 4.17. The molecule has 2 rings (SSSR count). The second kappa shape index (κ2) is 9.85. The Kier molecular flexibility index (Phi) is 8.12. The fourth-order valence-electron chi connectivity index (χ4n) is 2.72. The van der Waals surface area contributed by atoms with Crippen molar-refractivity contribution < 1.29 is 21.6 Å². The van der Waals surface area contributed by atoms with E-state index in [9.17, 15) is 21.6 Å². The van der Waals surface area contributed by atoms with Crippen molar-refractivity contribution >= 4 is 54.8 Å². The lowest BCUT2D eigenvalue weighted by molar-refractivity contribution is 0.102. The van der Waals surface area contributed by atoms with Gasteiger partial charge in [-0.2, -0.15) is 4.31 Å². The second-order valence-corrected chi connectivity index (χ2v) is 11.5. The summed E-state index contributed by atoms with van der Waals surface area (Å²) in [6.07, 6.45) is 0. The standard InChI is InChI=1S/C19H23Cl2N3O5S2/c1-5-24(6-2)30(26,27)14-9-7-13(8-10-14)22-19(25)15-11-18(17(21)12-16(15)20)31(28,29)23(3)4/h7-12H,5-6H2,1-4H3,(H,22,25). The Balaban J connectivity index is 2.34. The van der Waals surface area contributed by atoms with Gasteiger partial charge in [0.1, 0.15) is 4.90 Å². The third kappa shape index (κ3) is 5.39. The van der Waals surface area contributed by atoms with Gasteiger partial charge >= 0.3 is 0 Å². The zero-order valence-corrected chi connectivity index (χ0v) is 20.5. The van der Waals surface area contributed by atoms with Crippen molar-refractivity contribution in [2.45, 2.75) is 23.6 Å². The van der Waals surface area contributed by atoms with Gasteiger partial charge in [0.05, 0.1) is 20.5 Å². The number of halogens is 2. The van der Waals surface area contributed by atoms with Gasteiger partial charge in [-0.25, -0.2) is 21.1 Å². The first-order chi connectivity index (χ1) is 14.4. The number of nitrogens with one attached hydrogen (secondary N) is 1. The number of carbonyl (C=O) groups is 1. The highest BCUT2D eigenvalue weighted by Gasteiger charge is 2.25. The number of amides is 1. The summed E-state index contributed by atoms with van der Waals surface area (Å²) in [7, 11) is -4.84. The van der Waals surface area contributed by atoms with E-state index < -0.39 is 26.0 Å². The van der Waals surface area contributed by atoms with Crippen LogP contribution in [0.5, 0.6) is 0 Å². The maximum absolute atomic E-state index is 12.7. The molecule has 1 amide bonds. The molecule has 2 aromatic rings. The van der Waals surface area contributed by atoms with Crippen LogP contribution in [0.2, 0.25) is 10.0 Å². The normalized spacial score (nSPS) is 12.4. The Hall–Kier alpha value is -1.69. The molecule has 0 spiro atoms. The molecule has 8 nitrogen and oxygen atoms in total. The highest BCUT2D eigenvalue weighted by molar-refractivity contribution is 7.89. The quantitative estimate of drug-likeness (QED) is 0.588. The van der Waals surface area contributed by atoms with E-state index in [1.807, 2.05) is 0 Å². The Labute approximate surface area is 192 Å².